The van der Waals surface area contributed by atoms with Gasteiger partial charge in [0.1, 0.15) is 4.21 Å². The Morgan fingerprint density at radius 1 is 1.50 bits per heavy atom. The number of ether oxygens (including phenoxy) is 1. The predicted molar refractivity (Wildman–Crippen MR) is 73.5 cm³/mol. The molecule has 7 heteroatoms. The summed E-state index contributed by atoms with van der Waals surface area (Å²) in [5.74, 6) is 0. The monoisotopic (exact) mass is 292 g/mol. The summed E-state index contributed by atoms with van der Waals surface area (Å²) in [6, 6.07) is 1.73. The molecule has 0 fully saturated rings. The molecule has 0 aliphatic heterocycles. The lowest BCUT2D eigenvalue weighted by molar-refractivity contribution is 0.185. The van der Waals surface area contributed by atoms with E-state index >= 15 is 0 Å². The van der Waals surface area contributed by atoms with Crippen LogP contribution >= 0.6 is 11.3 Å². The van der Waals surface area contributed by atoms with E-state index in [0.717, 1.165) is 10.4 Å². The number of thiophene rings is 1. The summed E-state index contributed by atoms with van der Waals surface area (Å²) in [4.78, 5) is 1.05. The van der Waals surface area contributed by atoms with Crippen molar-refractivity contribution in [3.05, 3.63) is 16.5 Å². The standard InChI is InChI=1S/C11H20N2O3S2/c1-9-7-11(17-10(9)8-12-2)18(14,15)13(3)5-6-16-4/h7,12H,5-6,8H2,1-4H3. The molecule has 0 bridgehead atoms. The summed E-state index contributed by atoms with van der Waals surface area (Å²) < 4.78 is 31.2. The van der Waals surface area contributed by atoms with Crippen LogP contribution in [-0.4, -0.2) is 47.1 Å². The zero-order chi connectivity index (χ0) is 13.8. The van der Waals surface area contributed by atoms with Crippen LogP contribution in [0.25, 0.3) is 0 Å². The Morgan fingerprint density at radius 3 is 2.72 bits per heavy atom. The minimum absolute atomic E-state index is 0.358. The van der Waals surface area contributed by atoms with Crippen LogP contribution in [0, 0.1) is 6.92 Å². The van der Waals surface area contributed by atoms with Gasteiger partial charge >= 0.3 is 0 Å². The third-order valence-corrected chi connectivity index (χ3v) is 6.15. The molecule has 1 aromatic heterocycles. The van der Waals surface area contributed by atoms with E-state index in [1.807, 2.05) is 14.0 Å². The topological polar surface area (TPSA) is 58.6 Å². The maximum Gasteiger partial charge on any atom is 0.252 e. The minimum Gasteiger partial charge on any atom is -0.383 e. The molecule has 5 nitrogen and oxygen atoms in total. The smallest absolute Gasteiger partial charge is 0.252 e. The highest BCUT2D eigenvalue weighted by molar-refractivity contribution is 7.91. The first-order valence-corrected chi connectivity index (χ1v) is 7.88. The molecule has 1 rings (SSSR count). The first-order valence-electron chi connectivity index (χ1n) is 5.62. The van der Waals surface area contributed by atoms with E-state index in [2.05, 4.69) is 5.32 Å². The van der Waals surface area contributed by atoms with Crippen LogP contribution in [0.1, 0.15) is 10.4 Å². The first-order chi connectivity index (χ1) is 8.43. The van der Waals surface area contributed by atoms with Gasteiger partial charge in [-0.3, -0.25) is 0 Å². The van der Waals surface area contributed by atoms with Crippen molar-refractivity contribution < 1.29 is 13.2 Å². The highest BCUT2D eigenvalue weighted by Crippen LogP contribution is 2.27. The molecule has 0 saturated carbocycles. The van der Waals surface area contributed by atoms with Crippen molar-refractivity contribution in [3.8, 4) is 0 Å². The molecule has 0 unspecified atom stereocenters. The highest BCUT2D eigenvalue weighted by Gasteiger charge is 2.23. The van der Waals surface area contributed by atoms with Gasteiger partial charge in [0, 0.05) is 32.1 Å². The number of likely N-dealkylation sites (N-methyl/N-ethyl adjacent to an activating group) is 1. The minimum atomic E-state index is -3.39. The normalized spacial score (nSPS) is 12.3. The third kappa shape index (κ3) is 3.52. The molecule has 0 radical (unpaired) electrons. The second-order valence-electron chi connectivity index (χ2n) is 4.02. The predicted octanol–water partition coefficient (Wildman–Crippen LogP) is 1.04. The zero-order valence-electron chi connectivity index (χ0n) is 11.2. The average molecular weight is 292 g/mol. The lowest BCUT2D eigenvalue weighted by Gasteiger charge is -2.15. The van der Waals surface area contributed by atoms with Crippen LogP contribution in [0.5, 0.6) is 0 Å². The molecule has 0 aliphatic rings. The molecular formula is C11H20N2O3S2. The molecular weight excluding hydrogens is 272 g/mol. The number of nitrogens with zero attached hydrogens (tertiary/aromatic N) is 1. The number of methoxy groups -OCH3 is 1. The SMILES string of the molecule is CNCc1sc(S(=O)(=O)N(C)CCOC)cc1C. The van der Waals surface area contributed by atoms with Crippen LogP contribution < -0.4 is 5.32 Å². The van der Waals surface area contributed by atoms with Crippen molar-refractivity contribution in [1.82, 2.24) is 9.62 Å². The summed E-state index contributed by atoms with van der Waals surface area (Å²) >= 11 is 1.32. The summed E-state index contributed by atoms with van der Waals surface area (Å²) in [7, 11) is 1.59. The van der Waals surface area contributed by atoms with Gasteiger partial charge in [-0.2, -0.15) is 4.31 Å². The van der Waals surface area contributed by atoms with Crippen molar-refractivity contribution in [3.63, 3.8) is 0 Å². The van der Waals surface area contributed by atoms with E-state index in [-0.39, 0.29) is 0 Å². The van der Waals surface area contributed by atoms with Crippen molar-refractivity contribution >= 4 is 21.4 Å². The maximum absolute atomic E-state index is 12.3. The number of hydrogen-bond donors (Lipinski definition) is 1. The fourth-order valence-corrected chi connectivity index (χ4v) is 4.41. The molecule has 1 N–H and O–H groups in total. The molecule has 0 spiro atoms. The quantitative estimate of drug-likeness (QED) is 0.816. The molecule has 1 heterocycles. The fraction of sp³-hybridized carbons (Fsp3) is 0.636. The van der Waals surface area contributed by atoms with Gasteiger partial charge in [0.15, 0.2) is 0 Å². The number of hydrogen-bond acceptors (Lipinski definition) is 5. The van der Waals surface area contributed by atoms with Crippen molar-refractivity contribution in [1.29, 1.82) is 0 Å². The molecule has 0 aliphatic carbocycles. The van der Waals surface area contributed by atoms with E-state index in [1.165, 1.54) is 15.6 Å². The fourth-order valence-electron chi connectivity index (χ4n) is 1.45. The second kappa shape index (κ2) is 6.63. The number of nitrogens with one attached hydrogen (secondary N) is 1. The van der Waals surface area contributed by atoms with Gasteiger partial charge in [-0.05, 0) is 25.6 Å². The Morgan fingerprint density at radius 2 is 2.17 bits per heavy atom. The largest absolute Gasteiger partial charge is 0.383 e. The molecule has 18 heavy (non-hydrogen) atoms. The Bertz CT molecular complexity index is 482. The van der Waals surface area contributed by atoms with Gasteiger partial charge in [-0.25, -0.2) is 8.42 Å². The Labute approximate surface area is 113 Å². The molecule has 0 aromatic carbocycles. The van der Waals surface area contributed by atoms with Crippen LogP contribution in [0.4, 0.5) is 0 Å². The molecule has 104 valence electrons. The van der Waals surface area contributed by atoms with Gasteiger partial charge in [-0.15, -0.1) is 11.3 Å². The Kier molecular flexibility index (Phi) is 5.74. The van der Waals surface area contributed by atoms with E-state index in [1.54, 1.807) is 20.2 Å². The van der Waals surface area contributed by atoms with E-state index in [0.29, 0.717) is 23.9 Å². The zero-order valence-corrected chi connectivity index (χ0v) is 12.8. The third-order valence-electron chi connectivity index (χ3n) is 2.61. The van der Waals surface area contributed by atoms with Gasteiger partial charge in [0.25, 0.3) is 10.0 Å². The van der Waals surface area contributed by atoms with Crippen molar-refractivity contribution in [2.45, 2.75) is 17.7 Å². The van der Waals surface area contributed by atoms with Gasteiger partial charge in [-0.1, -0.05) is 0 Å². The van der Waals surface area contributed by atoms with Crippen LogP contribution in [0.3, 0.4) is 0 Å². The molecule has 0 atom stereocenters. The van der Waals surface area contributed by atoms with Crippen molar-refractivity contribution in [2.24, 2.45) is 0 Å². The van der Waals surface area contributed by atoms with Gasteiger partial charge in [0.05, 0.1) is 6.61 Å². The van der Waals surface area contributed by atoms with Crippen LogP contribution in [0.2, 0.25) is 0 Å². The second-order valence-corrected chi connectivity index (χ2v) is 7.43. The Hall–Kier alpha value is -0.470. The number of rotatable bonds is 7. The summed E-state index contributed by atoms with van der Waals surface area (Å²) in [5.41, 5.74) is 1.01. The van der Waals surface area contributed by atoms with E-state index < -0.39 is 10.0 Å². The number of aryl methyl sites for hydroxylation is 1. The Balaban J connectivity index is 2.94. The van der Waals surface area contributed by atoms with E-state index in [9.17, 15) is 8.42 Å². The summed E-state index contributed by atoms with van der Waals surface area (Å²) in [5, 5.41) is 3.04. The van der Waals surface area contributed by atoms with Crippen molar-refractivity contribution in [2.75, 3.05) is 34.4 Å². The lowest BCUT2D eigenvalue weighted by atomic mass is 10.3. The van der Waals surface area contributed by atoms with Crippen LogP contribution in [-0.2, 0) is 21.3 Å². The molecule has 1 aromatic rings. The average Bonchev–Trinajstić information content (AvgIpc) is 2.69. The van der Waals surface area contributed by atoms with Gasteiger partial charge < -0.3 is 10.1 Å². The molecule has 0 amide bonds. The highest BCUT2D eigenvalue weighted by atomic mass is 32.2. The summed E-state index contributed by atoms with van der Waals surface area (Å²) in [6.07, 6.45) is 0. The van der Waals surface area contributed by atoms with E-state index in [4.69, 9.17) is 4.74 Å². The first kappa shape index (κ1) is 15.6. The number of sulfonamides is 1. The van der Waals surface area contributed by atoms with Crippen LogP contribution in [0.15, 0.2) is 10.3 Å². The maximum atomic E-state index is 12.3. The molecule has 0 saturated heterocycles. The summed E-state index contributed by atoms with van der Waals surface area (Å²) in [6.45, 7) is 3.37. The van der Waals surface area contributed by atoms with Gasteiger partial charge in [0.2, 0.25) is 0 Å². The lowest BCUT2D eigenvalue weighted by Crippen LogP contribution is -2.29.